The number of aromatic amines is 1. The van der Waals surface area contributed by atoms with Crippen LogP contribution in [0.15, 0.2) is 72.3 Å². The SMILES string of the molecule is COc1cc(/C=C(/C#N)C(=O)c2c(C)[nH]c3ccccc23)ccc1OCc1ccc(Cl)cc1. The van der Waals surface area contributed by atoms with Crippen LogP contribution in [0.5, 0.6) is 11.5 Å². The van der Waals surface area contributed by atoms with E-state index < -0.39 is 0 Å². The molecule has 0 aliphatic rings. The molecule has 0 saturated carbocycles. The molecule has 0 unspecified atom stereocenters. The third-order valence-electron chi connectivity index (χ3n) is 5.29. The number of allylic oxidation sites excluding steroid dienone is 1. The second kappa shape index (κ2) is 9.64. The summed E-state index contributed by atoms with van der Waals surface area (Å²) in [4.78, 5) is 16.4. The number of nitrogens with one attached hydrogen (secondary N) is 1. The highest BCUT2D eigenvalue weighted by Gasteiger charge is 2.20. The molecule has 4 aromatic rings. The van der Waals surface area contributed by atoms with Gasteiger partial charge in [-0.3, -0.25) is 4.79 Å². The Kier molecular flexibility index (Phi) is 6.48. The molecule has 33 heavy (non-hydrogen) atoms. The standard InChI is InChI=1S/C27H21ClN2O3/c1-17-26(22-5-3-4-6-23(22)30-17)27(31)20(15-29)13-19-9-12-24(25(14-19)32-2)33-16-18-7-10-21(28)11-8-18/h3-14,30H,16H2,1-2H3/b20-13-. The molecule has 164 valence electrons. The maximum atomic E-state index is 13.2. The number of aryl methyl sites for hydroxylation is 1. The number of fused-ring (bicyclic) bond motifs is 1. The van der Waals surface area contributed by atoms with Crippen LogP contribution in [0, 0.1) is 18.3 Å². The molecule has 0 radical (unpaired) electrons. The summed E-state index contributed by atoms with van der Waals surface area (Å²) in [5.74, 6) is 0.738. The van der Waals surface area contributed by atoms with Gasteiger partial charge in [0.1, 0.15) is 18.2 Å². The lowest BCUT2D eigenvalue weighted by molar-refractivity contribution is 0.104. The Balaban J connectivity index is 1.60. The number of carbonyl (C=O) groups is 1. The van der Waals surface area contributed by atoms with Crippen molar-refractivity contribution in [2.45, 2.75) is 13.5 Å². The fourth-order valence-corrected chi connectivity index (χ4v) is 3.78. The molecule has 5 nitrogen and oxygen atoms in total. The molecule has 1 aromatic heterocycles. The summed E-state index contributed by atoms with van der Waals surface area (Å²) in [6.45, 7) is 2.18. The number of ether oxygens (including phenoxy) is 2. The van der Waals surface area contributed by atoms with Crippen LogP contribution in [-0.4, -0.2) is 17.9 Å². The molecular weight excluding hydrogens is 436 g/mol. The zero-order valence-corrected chi connectivity index (χ0v) is 18.9. The molecule has 0 spiro atoms. The quantitative estimate of drug-likeness (QED) is 0.195. The number of halogens is 1. The molecule has 0 saturated heterocycles. The van der Waals surface area contributed by atoms with Gasteiger partial charge in [-0.15, -0.1) is 0 Å². The monoisotopic (exact) mass is 456 g/mol. The number of benzene rings is 3. The van der Waals surface area contributed by atoms with Gasteiger partial charge in [0, 0.05) is 21.6 Å². The van der Waals surface area contributed by atoms with E-state index in [1.165, 1.54) is 0 Å². The van der Waals surface area contributed by atoms with E-state index in [4.69, 9.17) is 21.1 Å². The molecular formula is C27H21ClN2O3. The van der Waals surface area contributed by atoms with E-state index in [0.717, 1.165) is 22.2 Å². The van der Waals surface area contributed by atoms with Gasteiger partial charge in [-0.2, -0.15) is 5.26 Å². The van der Waals surface area contributed by atoms with Crippen LogP contribution >= 0.6 is 11.6 Å². The van der Waals surface area contributed by atoms with Crippen molar-refractivity contribution >= 4 is 34.4 Å². The van der Waals surface area contributed by atoms with Gasteiger partial charge in [-0.05, 0) is 54.5 Å². The number of para-hydroxylation sites is 1. The van der Waals surface area contributed by atoms with Gasteiger partial charge in [0.05, 0.1) is 12.7 Å². The highest BCUT2D eigenvalue weighted by atomic mass is 35.5. The van der Waals surface area contributed by atoms with Gasteiger partial charge in [0.2, 0.25) is 5.78 Å². The normalized spacial score (nSPS) is 11.3. The number of nitriles is 1. The number of hydrogen-bond donors (Lipinski definition) is 1. The Morgan fingerprint density at radius 2 is 1.85 bits per heavy atom. The van der Waals surface area contributed by atoms with E-state index in [-0.39, 0.29) is 11.4 Å². The van der Waals surface area contributed by atoms with Crippen LogP contribution in [0.2, 0.25) is 5.02 Å². The molecule has 0 bridgehead atoms. The van der Waals surface area contributed by atoms with Gasteiger partial charge in [-0.25, -0.2) is 0 Å². The van der Waals surface area contributed by atoms with Crippen molar-refractivity contribution in [1.82, 2.24) is 4.98 Å². The first kappa shape index (κ1) is 22.2. The summed E-state index contributed by atoms with van der Waals surface area (Å²) in [6.07, 6.45) is 1.56. The Bertz CT molecular complexity index is 1400. The summed E-state index contributed by atoms with van der Waals surface area (Å²) >= 11 is 5.92. The molecule has 0 aliphatic heterocycles. The first-order valence-electron chi connectivity index (χ1n) is 10.3. The van der Waals surface area contributed by atoms with Crippen molar-refractivity contribution in [1.29, 1.82) is 5.26 Å². The van der Waals surface area contributed by atoms with E-state index in [9.17, 15) is 10.1 Å². The fraction of sp³-hybridized carbons (Fsp3) is 0.111. The molecule has 4 rings (SSSR count). The van der Waals surface area contributed by atoms with Crippen LogP contribution in [0.25, 0.3) is 17.0 Å². The third-order valence-corrected chi connectivity index (χ3v) is 5.54. The summed E-state index contributed by atoms with van der Waals surface area (Å²) in [7, 11) is 1.55. The van der Waals surface area contributed by atoms with Crippen LogP contribution in [-0.2, 0) is 6.61 Å². The van der Waals surface area contributed by atoms with E-state index in [0.29, 0.717) is 34.3 Å². The van der Waals surface area contributed by atoms with E-state index in [2.05, 4.69) is 4.98 Å². The van der Waals surface area contributed by atoms with Gasteiger partial charge in [-0.1, -0.05) is 48.0 Å². The van der Waals surface area contributed by atoms with Crippen molar-refractivity contribution < 1.29 is 14.3 Å². The van der Waals surface area contributed by atoms with E-state index in [1.54, 1.807) is 43.5 Å². The van der Waals surface area contributed by atoms with E-state index in [1.807, 2.05) is 49.4 Å². The molecule has 1 heterocycles. The molecule has 1 N–H and O–H groups in total. The zero-order chi connectivity index (χ0) is 23.4. The average molecular weight is 457 g/mol. The lowest BCUT2D eigenvalue weighted by Crippen LogP contribution is -2.03. The van der Waals surface area contributed by atoms with Gasteiger partial charge in [0.15, 0.2) is 11.5 Å². The number of Topliss-reactive ketones (excluding diaryl/α,β-unsaturated/α-hetero) is 1. The molecule has 3 aromatic carbocycles. The topological polar surface area (TPSA) is 75.1 Å². The number of methoxy groups -OCH3 is 1. The molecule has 0 atom stereocenters. The van der Waals surface area contributed by atoms with Crippen LogP contribution in [0.1, 0.15) is 27.2 Å². The predicted molar refractivity (Wildman–Crippen MR) is 130 cm³/mol. The first-order valence-corrected chi connectivity index (χ1v) is 10.7. The summed E-state index contributed by atoms with van der Waals surface area (Å²) in [5, 5.41) is 11.2. The van der Waals surface area contributed by atoms with Gasteiger partial charge >= 0.3 is 0 Å². The minimum atomic E-state index is -0.325. The Labute approximate surface area is 196 Å². The van der Waals surface area contributed by atoms with Crippen LogP contribution in [0.3, 0.4) is 0 Å². The van der Waals surface area contributed by atoms with Crippen molar-refractivity contribution in [2.24, 2.45) is 0 Å². The number of nitrogens with zero attached hydrogens (tertiary/aromatic N) is 1. The van der Waals surface area contributed by atoms with Crippen molar-refractivity contribution in [3.05, 3.63) is 99.7 Å². The lowest BCUT2D eigenvalue weighted by Gasteiger charge is -2.12. The second-order valence-corrected chi connectivity index (χ2v) is 7.93. The zero-order valence-electron chi connectivity index (χ0n) is 18.2. The van der Waals surface area contributed by atoms with Crippen molar-refractivity contribution in [3.63, 3.8) is 0 Å². The Hall–Kier alpha value is -4.01. The number of aromatic nitrogens is 1. The minimum absolute atomic E-state index is 0.0414. The second-order valence-electron chi connectivity index (χ2n) is 7.49. The Morgan fingerprint density at radius 3 is 2.58 bits per heavy atom. The lowest BCUT2D eigenvalue weighted by atomic mass is 9.99. The smallest absolute Gasteiger partial charge is 0.205 e. The minimum Gasteiger partial charge on any atom is -0.493 e. The third kappa shape index (κ3) is 4.77. The highest BCUT2D eigenvalue weighted by molar-refractivity contribution is 6.30. The number of ketones is 1. The summed E-state index contributed by atoms with van der Waals surface area (Å²) in [5.41, 5.74) is 3.77. The average Bonchev–Trinajstić information content (AvgIpc) is 3.17. The largest absolute Gasteiger partial charge is 0.493 e. The van der Waals surface area contributed by atoms with Crippen molar-refractivity contribution in [3.8, 4) is 17.6 Å². The van der Waals surface area contributed by atoms with Gasteiger partial charge < -0.3 is 14.5 Å². The number of carbonyl (C=O) groups excluding carboxylic acids is 1. The van der Waals surface area contributed by atoms with Crippen LogP contribution < -0.4 is 9.47 Å². The molecule has 0 fully saturated rings. The number of rotatable bonds is 7. The van der Waals surface area contributed by atoms with Crippen LogP contribution in [0.4, 0.5) is 0 Å². The van der Waals surface area contributed by atoms with Gasteiger partial charge in [0.25, 0.3) is 0 Å². The van der Waals surface area contributed by atoms with Crippen molar-refractivity contribution in [2.75, 3.05) is 7.11 Å². The maximum absolute atomic E-state index is 13.2. The fourth-order valence-electron chi connectivity index (χ4n) is 3.65. The maximum Gasteiger partial charge on any atom is 0.205 e. The number of hydrogen-bond acceptors (Lipinski definition) is 4. The Morgan fingerprint density at radius 1 is 1.09 bits per heavy atom. The van der Waals surface area contributed by atoms with E-state index >= 15 is 0 Å². The molecule has 0 amide bonds. The molecule has 6 heteroatoms. The molecule has 0 aliphatic carbocycles. The number of H-pyrrole nitrogens is 1. The summed E-state index contributed by atoms with van der Waals surface area (Å²) < 4.78 is 11.4. The summed E-state index contributed by atoms with van der Waals surface area (Å²) in [6, 6.07) is 22.3. The predicted octanol–water partition coefficient (Wildman–Crippen LogP) is 6.51. The highest BCUT2D eigenvalue weighted by Crippen LogP contribution is 2.31. The first-order chi connectivity index (χ1) is 16.0.